The van der Waals surface area contributed by atoms with Crippen LogP contribution in [-0.2, 0) is 0 Å². The van der Waals surface area contributed by atoms with E-state index in [-0.39, 0.29) is 0 Å². The van der Waals surface area contributed by atoms with Gasteiger partial charge in [0, 0.05) is 11.3 Å². The third-order valence-electron chi connectivity index (χ3n) is 5.84. The molecule has 0 bridgehead atoms. The van der Waals surface area contributed by atoms with Crippen LogP contribution in [0.4, 0.5) is 0 Å². The number of aliphatic imine (C=N–C) groups is 1. The van der Waals surface area contributed by atoms with E-state index < -0.39 is 0 Å². The second-order valence-electron chi connectivity index (χ2n) is 7.70. The molecule has 120 valence electrons. The summed E-state index contributed by atoms with van der Waals surface area (Å²) >= 11 is 2.00. The Morgan fingerprint density at radius 2 is 2.05 bits per heavy atom. The first-order valence-electron chi connectivity index (χ1n) is 9.19. The van der Waals surface area contributed by atoms with Gasteiger partial charge in [-0.25, -0.2) is 0 Å². The fraction of sp³-hybridized carbons (Fsp3) is 0.944. The molecule has 2 aliphatic carbocycles. The smallest absolute Gasteiger partial charge is 0.157 e. The number of hydrogen-bond donors (Lipinski definition) is 1. The molecule has 1 spiro atoms. The van der Waals surface area contributed by atoms with Gasteiger partial charge in [0.25, 0.3) is 0 Å². The van der Waals surface area contributed by atoms with Gasteiger partial charge in [-0.05, 0) is 43.9 Å². The molecule has 3 unspecified atom stereocenters. The van der Waals surface area contributed by atoms with Gasteiger partial charge < -0.3 is 5.32 Å². The highest BCUT2D eigenvalue weighted by Crippen LogP contribution is 2.39. The molecule has 0 aromatic heterocycles. The van der Waals surface area contributed by atoms with Gasteiger partial charge in [-0.15, -0.1) is 0 Å². The molecule has 3 rings (SSSR count). The second-order valence-corrected chi connectivity index (χ2v) is 8.67. The summed E-state index contributed by atoms with van der Waals surface area (Å²) in [5.74, 6) is 2.98. The quantitative estimate of drug-likeness (QED) is 0.794. The maximum Gasteiger partial charge on any atom is 0.157 e. The summed E-state index contributed by atoms with van der Waals surface area (Å²) in [4.78, 5) is 5.16. The topological polar surface area (TPSA) is 24.4 Å². The van der Waals surface area contributed by atoms with Crippen molar-refractivity contribution >= 4 is 16.9 Å². The van der Waals surface area contributed by atoms with E-state index in [0.717, 1.165) is 11.8 Å². The van der Waals surface area contributed by atoms with Gasteiger partial charge >= 0.3 is 0 Å². The van der Waals surface area contributed by atoms with Crippen LogP contribution in [0.1, 0.15) is 78.1 Å². The Morgan fingerprint density at radius 1 is 1.24 bits per heavy atom. The van der Waals surface area contributed by atoms with E-state index >= 15 is 0 Å². The molecule has 0 radical (unpaired) electrons. The minimum atomic E-state index is 0.381. The normalized spacial score (nSPS) is 37.8. The van der Waals surface area contributed by atoms with Crippen LogP contribution >= 0.6 is 11.8 Å². The van der Waals surface area contributed by atoms with E-state index in [9.17, 15) is 0 Å². The molecule has 1 N–H and O–H groups in total. The van der Waals surface area contributed by atoms with Crippen molar-refractivity contribution in [3.05, 3.63) is 0 Å². The molecular formula is C18H32N2S. The Labute approximate surface area is 134 Å². The van der Waals surface area contributed by atoms with Crippen molar-refractivity contribution < 1.29 is 0 Å². The van der Waals surface area contributed by atoms with E-state index in [1.54, 1.807) is 0 Å². The molecule has 3 aliphatic rings. The molecular weight excluding hydrogens is 276 g/mol. The minimum absolute atomic E-state index is 0.381. The molecule has 0 amide bonds. The standard InChI is InChI=1S/C18H32N2S/c1-3-16(15-9-5-4-6-10-15)19-17-20-18(13-21-17)11-7-8-14(2)12-18/h14-16H,3-13H2,1-2H3,(H,19,20). The zero-order chi connectivity index (χ0) is 14.7. The number of hydrogen-bond acceptors (Lipinski definition) is 2. The van der Waals surface area contributed by atoms with Crippen molar-refractivity contribution in [1.29, 1.82) is 0 Å². The predicted molar refractivity (Wildman–Crippen MR) is 94.0 cm³/mol. The van der Waals surface area contributed by atoms with Crippen LogP contribution in [0.5, 0.6) is 0 Å². The summed E-state index contributed by atoms with van der Waals surface area (Å²) in [5.41, 5.74) is 0.381. The summed E-state index contributed by atoms with van der Waals surface area (Å²) in [6.45, 7) is 4.74. The summed E-state index contributed by atoms with van der Waals surface area (Å²) in [6, 6.07) is 0.566. The molecule has 1 saturated heterocycles. The van der Waals surface area contributed by atoms with Crippen LogP contribution in [0.3, 0.4) is 0 Å². The first-order chi connectivity index (χ1) is 10.2. The van der Waals surface area contributed by atoms with E-state index in [2.05, 4.69) is 19.2 Å². The lowest BCUT2D eigenvalue weighted by molar-refractivity contribution is 0.241. The average molecular weight is 309 g/mol. The maximum atomic E-state index is 5.16. The lowest BCUT2D eigenvalue weighted by Gasteiger charge is -2.36. The van der Waals surface area contributed by atoms with Gasteiger partial charge in [-0.1, -0.05) is 57.7 Å². The molecule has 3 atom stereocenters. The van der Waals surface area contributed by atoms with Crippen LogP contribution < -0.4 is 5.32 Å². The van der Waals surface area contributed by atoms with Crippen molar-refractivity contribution in [2.45, 2.75) is 89.6 Å². The summed E-state index contributed by atoms with van der Waals surface area (Å²) < 4.78 is 0. The molecule has 0 aromatic carbocycles. The van der Waals surface area contributed by atoms with Crippen LogP contribution in [0.25, 0.3) is 0 Å². The van der Waals surface area contributed by atoms with E-state index in [4.69, 9.17) is 4.99 Å². The van der Waals surface area contributed by atoms with Gasteiger partial charge in [0.15, 0.2) is 5.17 Å². The van der Waals surface area contributed by atoms with Crippen LogP contribution in [0.2, 0.25) is 0 Å². The molecule has 3 fully saturated rings. The maximum absolute atomic E-state index is 5.16. The lowest BCUT2D eigenvalue weighted by Crippen LogP contribution is -2.47. The van der Waals surface area contributed by atoms with Crippen molar-refractivity contribution in [3.8, 4) is 0 Å². The molecule has 2 nitrogen and oxygen atoms in total. The van der Waals surface area contributed by atoms with Crippen molar-refractivity contribution in [2.75, 3.05) is 5.75 Å². The van der Waals surface area contributed by atoms with Gasteiger partial charge in [0.2, 0.25) is 0 Å². The van der Waals surface area contributed by atoms with Gasteiger partial charge in [0.05, 0.1) is 6.04 Å². The highest BCUT2D eigenvalue weighted by molar-refractivity contribution is 8.14. The van der Waals surface area contributed by atoms with E-state index in [1.807, 2.05) is 11.8 Å². The number of nitrogens with zero attached hydrogens (tertiary/aromatic N) is 1. The Balaban J connectivity index is 1.63. The van der Waals surface area contributed by atoms with Gasteiger partial charge in [-0.2, -0.15) is 0 Å². The molecule has 21 heavy (non-hydrogen) atoms. The SMILES string of the molecule is CCC(N=C1NC2(CCCC(C)C2)CS1)C1CCCCC1. The number of rotatable bonds is 3. The first kappa shape index (κ1) is 15.7. The molecule has 1 aliphatic heterocycles. The molecule has 0 aromatic rings. The third-order valence-corrected chi connectivity index (χ3v) is 7.02. The minimum Gasteiger partial charge on any atom is -0.359 e. The third kappa shape index (κ3) is 3.78. The van der Waals surface area contributed by atoms with Crippen LogP contribution in [0, 0.1) is 11.8 Å². The largest absolute Gasteiger partial charge is 0.359 e. The summed E-state index contributed by atoms with van der Waals surface area (Å²) in [7, 11) is 0. The number of amidine groups is 1. The average Bonchev–Trinajstić information content (AvgIpc) is 2.87. The fourth-order valence-electron chi connectivity index (χ4n) is 4.68. The zero-order valence-corrected chi connectivity index (χ0v) is 14.7. The Bertz CT molecular complexity index is 375. The summed E-state index contributed by atoms with van der Waals surface area (Å²) in [5, 5.41) is 5.12. The molecule has 3 heteroatoms. The number of thioether (sulfide) groups is 1. The Hall–Kier alpha value is -0.180. The van der Waals surface area contributed by atoms with E-state index in [1.165, 1.54) is 75.1 Å². The Morgan fingerprint density at radius 3 is 2.76 bits per heavy atom. The van der Waals surface area contributed by atoms with Crippen molar-refractivity contribution in [1.82, 2.24) is 5.32 Å². The Kier molecular flexibility index (Phi) is 5.19. The van der Waals surface area contributed by atoms with Crippen molar-refractivity contribution in [2.24, 2.45) is 16.8 Å². The van der Waals surface area contributed by atoms with Crippen molar-refractivity contribution in [3.63, 3.8) is 0 Å². The van der Waals surface area contributed by atoms with Crippen LogP contribution in [0.15, 0.2) is 4.99 Å². The highest BCUT2D eigenvalue weighted by Gasteiger charge is 2.40. The number of nitrogens with one attached hydrogen (secondary N) is 1. The second kappa shape index (κ2) is 6.93. The summed E-state index contributed by atoms with van der Waals surface area (Å²) in [6.07, 6.45) is 13.8. The van der Waals surface area contributed by atoms with E-state index in [0.29, 0.717) is 11.6 Å². The molecule has 1 heterocycles. The fourth-order valence-corrected chi connectivity index (χ4v) is 5.93. The predicted octanol–water partition coefficient (Wildman–Crippen LogP) is 4.99. The zero-order valence-electron chi connectivity index (χ0n) is 13.9. The van der Waals surface area contributed by atoms with Crippen LogP contribution in [-0.4, -0.2) is 22.5 Å². The monoisotopic (exact) mass is 308 g/mol. The van der Waals surface area contributed by atoms with Gasteiger partial charge in [0.1, 0.15) is 0 Å². The molecule has 2 saturated carbocycles. The van der Waals surface area contributed by atoms with Gasteiger partial charge in [-0.3, -0.25) is 4.99 Å². The highest BCUT2D eigenvalue weighted by atomic mass is 32.2. The first-order valence-corrected chi connectivity index (χ1v) is 10.2. The lowest BCUT2D eigenvalue weighted by atomic mass is 9.78.